The van der Waals surface area contributed by atoms with Gasteiger partial charge in [0.15, 0.2) is 0 Å². The van der Waals surface area contributed by atoms with Crippen molar-refractivity contribution in [3.8, 4) is 0 Å². The summed E-state index contributed by atoms with van der Waals surface area (Å²) in [6.45, 7) is 7.05. The zero-order chi connectivity index (χ0) is 14.4. The Labute approximate surface area is 111 Å². The number of benzene rings is 1. The number of esters is 1. The largest absolute Gasteiger partial charge is 0.458 e. The number of hydrogen-bond acceptors (Lipinski definition) is 4. The Morgan fingerprint density at radius 1 is 1.37 bits per heavy atom. The molecule has 0 atom stereocenters. The minimum Gasteiger partial charge on any atom is -0.458 e. The maximum atomic E-state index is 11.2. The van der Waals surface area contributed by atoms with Crippen LogP contribution in [0.1, 0.15) is 19.4 Å². The second-order valence-electron chi connectivity index (χ2n) is 4.20. The Balaban J connectivity index is 2.66. The fraction of sp³-hybridized carbons (Fsp3) is 0.214. The van der Waals surface area contributed by atoms with E-state index in [1.54, 1.807) is 25.1 Å². The summed E-state index contributed by atoms with van der Waals surface area (Å²) in [7, 11) is 0. The van der Waals surface area contributed by atoms with Gasteiger partial charge in [-0.25, -0.2) is 4.79 Å². The van der Waals surface area contributed by atoms with Crippen molar-refractivity contribution in [2.24, 2.45) is 0 Å². The Morgan fingerprint density at radius 3 is 2.42 bits per heavy atom. The molecule has 100 valence electrons. The first-order valence-corrected chi connectivity index (χ1v) is 5.64. The van der Waals surface area contributed by atoms with E-state index >= 15 is 0 Å². The highest BCUT2D eigenvalue weighted by Crippen LogP contribution is 2.14. The first-order valence-electron chi connectivity index (χ1n) is 5.64. The second-order valence-corrected chi connectivity index (χ2v) is 4.20. The summed E-state index contributed by atoms with van der Waals surface area (Å²) in [6.07, 6.45) is 1.80. The summed E-state index contributed by atoms with van der Waals surface area (Å²) in [5.74, 6) is -0.434. The fourth-order valence-corrected chi connectivity index (χ4v) is 1.32. The predicted octanol–water partition coefficient (Wildman–Crippen LogP) is 3.12. The molecule has 0 radical (unpaired) electrons. The molecule has 0 aliphatic carbocycles. The molecule has 1 rings (SSSR count). The Hall–Kier alpha value is -2.43. The fourth-order valence-electron chi connectivity index (χ4n) is 1.32. The highest BCUT2D eigenvalue weighted by molar-refractivity contribution is 5.87. The maximum absolute atomic E-state index is 11.2. The van der Waals surface area contributed by atoms with Crippen LogP contribution in [0.25, 0.3) is 6.08 Å². The molecule has 0 N–H and O–H groups in total. The highest BCUT2D eigenvalue weighted by Gasteiger charge is 2.04. The second kappa shape index (κ2) is 6.49. The van der Waals surface area contributed by atoms with E-state index in [1.165, 1.54) is 12.1 Å². The molecular formula is C14H15NO4. The van der Waals surface area contributed by atoms with Crippen LogP contribution in [0.5, 0.6) is 0 Å². The van der Waals surface area contributed by atoms with Crippen LogP contribution < -0.4 is 0 Å². The summed E-state index contributed by atoms with van der Waals surface area (Å²) in [5, 5.41) is 10.5. The number of nitro benzene ring substituents is 1. The number of nitrogens with zero attached hydrogens (tertiary/aromatic N) is 1. The van der Waals surface area contributed by atoms with Crippen molar-refractivity contribution in [2.75, 3.05) is 6.61 Å². The SMILES string of the molecule is C=C(C)C(=O)OCC(C)=Cc1ccc([N+](=O)[O-])cc1. The molecule has 1 aromatic rings. The Bertz CT molecular complexity index is 529. The summed E-state index contributed by atoms with van der Waals surface area (Å²) < 4.78 is 4.98. The van der Waals surface area contributed by atoms with E-state index in [2.05, 4.69) is 6.58 Å². The molecule has 0 aliphatic heterocycles. The normalized spacial score (nSPS) is 10.9. The third kappa shape index (κ3) is 4.75. The lowest BCUT2D eigenvalue weighted by atomic mass is 10.1. The van der Waals surface area contributed by atoms with E-state index in [1.807, 2.05) is 6.92 Å². The first kappa shape index (κ1) is 14.6. The quantitative estimate of drug-likeness (QED) is 0.353. The number of nitro groups is 1. The van der Waals surface area contributed by atoms with Crippen LogP contribution >= 0.6 is 0 Å². The number of non-ortho nitro benzene ring substituents is 1. The third-order valence-corrected chi connectivity index (χ3v) is 2.30. The van der Waals surface area contributed by atoms with E-state index in [4.69, 9.17) is 4.74 Å². The van der Waals surface area contributed by atoms with Crippen molar-refractivity contribution >= 4 is 17.7 Å². The summed E-state index contributed by atoms with van der Waals surface area (Å²) in [4.78, 5) is 21.2. The van der Waals surface area contributed by atoms with E-state index < -0.39 is 10.9 Å². The molecule has 0 fully saturated rings. The van der Waals surface area contributed by atoms with Crippen molar-refractivity contribution in [1.82, 2.24) is 0 Å². The van der Waals surface area contributed by atoms with Crippen molar-refractivity contribution in [1.29, 1.82) is 0 Å². The number of carbonyl (C=O) groups is 1. The number of rotatable bonds is 5. The lowest BCUT2D eigenvalue weighted by Crippen LogP contribution is -2.06. The Morgan fingerprint density at radius 2 is 1.95 bits per heavy atom. The van der Waals surface area contributed by atoms with Gasteiger partial charge in [-0.15, -0.1) is 0 Å². The van der Waals surface area contributed by atoms with Gasteiger partial charge in [0.25, 0.3) is 5.69 Å². The standard InChI is InChI=1S/C14H15NO4/c1-10(2)14(16)19-9-11(3)8-12-4-6-13(7-5-12)15(17)18/h4-8H,1,9H2,2-3H3. The van der Waals surface area contributed by atoms with Crippen molar-refractivity contribution in [3.63, 3.8) is 0 Å². The molecule has 5 heteroatoms. The lowest BCUT2D eigenvalue weighted by Gasteiger charge is -2.04. The maximum Gasteiger partial charge on any atom is 0.333 e. The zero-order valence-electron chi connectivity index (χ0n) is 10.9. The highest BCUT2D eigenvalue weighted by atomic mass is 16.6. The van der Waals surface area contributed by atoms with Crippen LogP contribution in [0.15, 0.2) is 42.0 Å². The van der Waals surface area contributed by atoms with Crippen molar-refractivity contribution < 1.29 is 14.5 Å². The molecular weight excluding hydrogens is 246 g/mol. The van der Waals surface area contributed by atoms with Gasteiger partial charge in [0, 0.05) is 17.7 Å². The van der Waals surface area contributed by atoms with E-state index in [0.717, 1.165) is 11.1 Å². The molecule has 0 bridgehead atoms. The molecule has 5 nitrogen and oxygen atoms in total. The van der Waals surface area contributed by atoms with Gasteiger partial charge in [-0.2, -0.15) is 0 Å². The monoisotopic (exact) mass is 261 g/mol. The van der Waals surface area contributed by atoms with Crippen LogP contribution in [0.4, 0.5) is 5.69 Å². The van der Waals surface area contributed by atoms with Crippen LogP contribution in [-0.4, -0.2) is 17.5 Å². The van der Waals surface area contributed by atoms with Crippen molar-refractivity contribution in [3.05, 3.63) is 57.7 Å². The molecule has 0 aromatic heterocycles. The van der Waals surface area contributed by atoms with Crippen LogP contribution in [0.3, 0.4) is 0 Å². The number of ether oxygens (including phenoxy) is 1. The predicted molar refractivity (Wildman–Crippen MR) is 72.5 cm³/mol. The average Bonchev–Trinajstić information content (AvgIpc) is 2.36. The zero-order valence-corrected chi connectivity index (χ0v) is 10.9. The van der Waals surface area contributed by atoms with Crippen molar-refractivity contribution in [2.45, 2.75) is 13.8 Å². The van der Waals surface area contributed by atoms with Gasteiger partial charge in [0.2, 0.25) is 0 Å². The van der Waals surface area contributed by atoms with Gasteiger partial charge >= 0.3 is 5.97 Å². The molecule has 19 heavy (non-hydrogen) atoms. The average molecular weight is 261 g/mol. The van der Waals surface area contributed by atoms with E-state index in [0.29, 0.717) is 5.57 Å². The van der Waals surface area contributed by atoms with Gasteiger partial charge in [-0.05, 0) is 37.1 Å². The van der Waals surface area contributed by atoms with Gasteiger partial charge in [-0.3, -0.25) is 10.1 Å². The van der Waals surface area contributed by atoms with Crippen LogP contribution in [0.2, 0.25) is 0 Å². The molecule has 0 spiro atoms. The molecule has 0 saturated carbocycles. The molecule has 0 aliphatic rings. The Kier molecular flexibility index (Phi) is 5.00. The summed E-state index contributed by atoms with van der Waals surface area (Å²) in [6, 6.07) is 6.14. The minimum atomic E-state index is -0.449. The van der Waals surface area contributed by atoms with E-state index in [-0.39, 0.29) is 12.3 Å². The minimum absolute atomic E-state index is 0.0449. The van der Waals surface area contributed by atoms with Crippen LogP contribution in [0, 0.1) is 10.1 Å². The lowest BCUT2D eigenvalue weighted by molar-refractivity contribution is -0.384. The molecule has 1 aromatic carbocycles. The summed E-state index contributed by atoms with van der Waals surface area (Å²) in [5.41, 5.74) is 2.05. The molecule has 0 saturated heterocycles. The first-order chi connectivity index (χ1) is 8.90. The van der Waals surface area contributed by atoms with Gasteiger partial charge < -0.3 is 4.74 Å². The van der Waals surface area contributed by atoms with E-state index in [9.17, 15) is 14.9 Å². The van der Waals surface area contributed by atoms with Gasteiger partial charge in [0.05, 0.1) is 4.92 Å². The smallest absolute Gasteiger partial charge is 0.333 e. The van der Waals surface area contributed by atoms with Crippen LogP contribution in [-0.2, 0) is 9.53 Å². The molecule has 0 amide bonds. The topological polar surface area (TPSA) is 69.4 Å². The number of carbonyl (C=O) groups excluding carboxylic acids is 1. The summed E-state index contributed by atoms with van der Waals surface area (Å²) >= 11 is 0. The molecule has 0 heterocycles. The van der Waals surface area contributed by atoms with Gasteiger partial charge in [0.1, 0.15) is 6.61 Å². The number of hydrogen-bond donors (Lipinski definition) is 0. The molecule has 0 unspecified atom stereocenters. The third-order valence-electron chi connectivity index (χ3n) is 2.30. The van der Waals surface area contributed by atoms with Gasteiger partial charge in [-0.1, -0.05) is 12.7 Å².